The van der Waals surface area contributed by atoms with Crippen LogP contribution in [0.15, 0.2) is 35.0 Å². The van der Waals surface area contributed by atoms with Gasteiger partial charge in [-0.05, 0) is 22.9 Å². The summed E-state index contributed by atoms with van der Waals surface area (Å²) in [5, 5.41) is 6.84. The van der Waals surface area contributed by atoms with Crippen LogP contribution in [0.4, 0.5) is 0 Å². The number of thiophene rings is 2. The van der Waals surface area contributed by atoms with Crippen LogP contribution in [0.5, 0.6) is 0 Å². The molecule has 0 radical (unpaired) electrons. The first-order chi connectivity index (χ1) is 11.7. The number of carbonyl (C=O) groups excluding carboxylic acids is 2. The van der Waals surface area contributed by atoms with Crippen molar-refractivity contribution in [2.45, 2.75) is 18.9 Å². The lowest BCUT2D eigenvalue weighted by Gasteiger charge is -2.33. The van der Waals surface area contributed by atoms with Crippen molar-refractivity contribution in [1.82, 2.24) is 10.2 Å². The highest BCUT2D eigenvalue weighted by atomic mass is 32.1. The molecule has 0 saturated carbocycles. The molecule has 3 heterocycles. The van der Waals surface area contributed by atoms with Crippen LogP contribution in [0.25, 0.3) is 0 Å². The first kappa shape index (κ1) is 17.1. The van der Waals surface area contributed by atoms with Gasteiger partial charge in [-0.3, -0.25) is 9.59 Å². The van der Waals surface area contributed by atoms with Crippen molar-refractivity contribution in [2.75, 3.05) is 26.2 Å². The monoisotopic (exact) mass is 364 g/mol. The molecule has 3 rings (SSSR count). The van der Waals surface area contributed by atoms with E-state index in [0.717, 1.165) is 9.75 Å². The summed E-state index contributed by atoms with van der Waals surface area (Å²) in [6.07, 6.45) is 0.693. The molecule has 0 bridgehead atoms. The van der Waals surface area contributed by atoms with Crippen LogP contribution in [0.3, 0.4) is 0 Å². The maximum atomic E-state index is 12.4. The van der Waals surface area contributed by atoms with E-state index in [9.17, 15) is 9.59 Å². The van der Waals surface area contributed by atoms with Gasteiger partial charge < -0.3 is 15.0 Å². The van der Waals surface area contributed by atoms with Gasteiger partial charge in [-0.2, -0.15) is 0 Å². The van der Waals surface area contributed by atoms with Gasteiger partial charge in [0, 0.05) is 29.4 Å². The molecule has 2 aromatic heterocycles. The van der Waals surface area contributed by atoms with Gasteiger partial charge >= 0.3 is 0 Å². The summed E-state index contributed by atoms with van der Waals surface area (Å²) in [4.78, 5) is 28.2. The molecule has 7 heteroatoms. The van der Waals surface area contributed by atoms with E-state index in [-0.39, 0.29) is 17.9 Å². The predicted molar refractivity (Wildman–Crippen MR) is 95.4 cm³/mol. The molecule has 5 nitrogen and oxygen atoms in total. The number of ether oxygens (including phenoxy) is 1. The van der Waals surface area contributed by atoms with Crippen molar-refractivity contribution in [3.8, 4) is 0 Å². The Hall–Kier alpha value is -1.70. The Balaban J connectivity index is 1.43. The van der Waals surface area contributed by atoms with Crippen LogP contribution in [-0.4, -0.2) is 49.1 Å². The lowest BCUT2D eigenvalue weighted by atomic mass is 10.2. The Labute approximate surface area is 149 Å². The molecule has 0 spiro atoms. The average Bonchev–Trinajstić information content (AvgIpc) is 3.27. The maximum absolute atomic E-state index is 12.4. The molecular weight excluding hydrogens is 344 g/mol. The summed E-state index contributed by atoms with van der Waals surface area (Å²) in [5.74, 6) is 0.110. The lowest BCUT2D eigenvalue weighted by Crippen LogP contribution is -2.50. The van der Waals surface area contributed by atoms with E-state index in [1.807, 2.05) is 39.9 Å². The Morgan fingerprint density at radius 2 is 1.88 bits per heavy atom. The molecule has 1 unspecified atom stereocenters. The van der Waals surface area contributed by atoms with Crippen molar-refractivity contribution in [3.63, 3.8) is 0 Å². The summed E-state index contributed by atoms with van der Waals surface area (Å²) in [6.45, 7) is 2.10. The quantitative estimate of drug-likeness (QED) is 0.852. The fourth-order valence-electron chi connectivity index (χ4n) is 2.60. The fraction of sp³-hybridized carbons (Fsp3) is 0.412. The van der Waals surface area contributed by atoms with Crippen LogP contribution in [0.1, 0.15) is 9.75 Å². The van der Waals surface area contributed by atoms with Crippen molar-refractivity contribution in [2.24, 2.45) is 0 Å². The molecule has 0 aromatic carbocycles. The molecule has 2 aromatic rings. The average molecular weight is 364 g/mol. The number of amides is 2. The van der Waals surface area contributed by atoms with Crippen molar-refractivity contribution < 1.29 is 14.3 Å². The van der Waals surface area contributed by atoms with Crippen LogP contribution in [0.2, 0.25) is 0 Å². The van der Waals surface area contributed by atoms with E-state index >= 15 is 0 Å². The largest absolute Gasteiger partial charge is 0.373 e. The summed E-state index contributed by atoms with van der Waals surface area (Å²) in [7, 11) is 0. The molecule has 128 valence electrons. The van der Waals surface area contributed by atoms with Gasteiger partial charge in [0.05, 0.1) is 25.6 Å². The van der Waals surface area contributed by atoms with Gasteiger partial charge in [0.2, 0.25) is 11.8 Å². The fourth-order valence-corrected chi connectivity index (χ4v) is 4.00. The predicted octanol–water partition coefficient (Wildman–Crippen LogP) is 1.94. The third kappa shape index (κ3) is 4.90. The molecular formula is C17H20N2O3S2. The van der Waals surface area contributed by atoms with Gasteiger partial charge in [0.15, 0.2) is 0 Å². The number of nitrogens with one attached hydrogen (secondary N) is 1. The van der Waals surface area contributed by atoms with Gasteiger partial charge in [0.25, 0.3) is 0 Å². The third-order valence-electron chi connectivity index (χ3n) is 3.84. The van der Waals surface area contributed by atoms with Gasteiger partial charge in [-0.1, -0.05) is 12.1 Å². The second kappa shape index (κ2) is 8.41. The Bertz CT molecular complexity index is 655. The van der Waals surface area contributed by atoms with Crippen LogP contribution < -0.4 is 5.32 Å². The molecule has 24 heavy (non-hydrogen) atoms. The number of morpholine rings is 1. The van der Waals surface area contributed by atoms with Crippen molar-refractivity contribution in [3.05, 3.63) is 44.8 Å². The summed E-state index contributed by atoms with van der Waals surface area (Å²) < 4.78 is 5.68. The molecule has 1 aliphatic heterocycles. The van der Waals surface area contributed by atoms with Gasteiger partial charge in [0.1, 0.15) is 0 Å². The first-order valence-corrected chi connectivity index (χ1v) is 9.67. The van der Waals surface area contributed by atoms with Gasteiger partial charge in [-0.15, -0.1) is 22.7 Å². The van der Waals surface area contributed by atoms with E-state index < -0.39 is 0 Å². The Morgan fingerprint density at radius 1 is 1.17 bits per heavy atom. The van der Waals surface area contributed by atoms with E-state index in [1.165, 1.54) is 0 Å². The van der Waals surface area contributed by atoms with E-state index in [2.05, 4.69) is 5.32 Å². The normalized spacial score (nSPS) is 17.7. The maximum Gasteiger partial charge on any atom is 0.227 e. The molecule has 2 amide bonds. The first-order valence-electron chi connectivity index (χ1n) is 7.91. The lowest BCUT2D eigenvalue weighted by molar-refractivity contribution is -0.138. The highest BCUT2D eigenvalue weighted by Crippen LogP contribution is 2.13. The molecule has 1 atom stereocenters. The molecule has 0 aliphatic carbocycles. The molecule has 1 saturated heterocycles. The highest BCUT2D eigenvalue weighted by molar-refractivity contribution is 7.10. The van der Waals surface area contributed by atoms with Crippen molar-refractivity contribution in [1.29, 1.82) is 0 Å². The van der Waals surface area contributed by atoms with Crippen molar-refractivity contribution >= 4 is 34.5 Å². The highest BCUT2D eigenvalue weighted by Gasteiger charge is 2.24. The summed E-state index contributed by atoms with van der Waals surface area (Å²) in [5.41, 5.74) is 0. The van der Waals surface area contributed by atoms with E-state index in [0.29, 0.717) is 39.1 Å². The van der Waals surface area contributed by atoms with Crippen LogP contribution >= 0.6 is 22.7 Å². The minimum absolute atomic E-state index is 0.0110. The zero-order valence-electron chi connectivity index (χ0n) is 13.3. The minimum atomic E-state index is -0.140. The number of nitrogens with zero attached hydrogens (tertiary/aromatic N) is 1. The SMILES string of the molecule is O=C(Cc1cccs1)NCC1CN(C(=O)Cc2cccs2)CCO1. The Kier molecular flexibility index (Phi) is 6.01. The van der Waals surface area contributed by atoms with Crippen LogP contribution in [-0.2, 0) is 27.2 Å². The van der Waals surface area contributed by atoms with Gasteiger partial charge in [-0.25, -0.2) is 0 Å². The second-order valence-corrected chi connectivity index (χ2v) is 7.71. The van der Waals surface area contributed by atoms with Crippen LogP contribution in [0, 0.1) is 0 Å². The topological polar surface area (TPSA) is 58.6 Å². The number of rotatable bonds is 6. The minimum Gasteiger partial charge on any atom is -0.373 e. The zero-order valence-corrected chi connectivity index (χ0v) is 14.9. The zero-order chi connectivity index (χ0) is 16.8. The molecule has 1 N–H and O–H groups in total. The molecule has 1 fully saturated rings. The summed E-state index contributed by atoms with van der Waals surface area (Å²) >= 11 is 3.17. The Morgan fingerprint density at radius 3 is 2.54 bits per heavy atom. The number of hydrogen-bond acceptors (Lipinski definition) is 5. The smallest absolute Gasteiger partial charge is 0.227 e. The number of carbonyl (C=O) groups is 2. The van der Waals surface area contributed by atoms with E-state index in [4.69, 9.17) is 4.74 Å². The molecule has 1 aliphatic rings. The standard InChI is InChI=1S/C17H20N2O3S2/c20-16(9-14-3-1-7-23-14)18-11-13-12-19(5-6-22-13)17(21)10-15-4-2-8-24-15/h1-4,7-8,13H,5-6,9-12H2,(H,18,20). The third-order valence-corrected chi connectivity index (χ3v) is 5.59. The summed E-state index contributed by atoms with van der Waals surface area (Å²) in [6, 6.07) is 7.82. The second-order valence-electron chi connectivity index (χ2n) is 5.65. The number of hydrogen-bond donors (Lipinski definition) is 1. The van der Waals surface area contributed by atoms with E-state index in [1.54, 1.807) is 22.7 Å².